The molecule has 0 amide bonds. The molecule has 2 aromatic rings. The lowest BCUT2D eigenvalue weighted by molar-refractivity contribution is 0.0598. The average Bonchev–Trinajstić information content (AvgIpc) is 2.58. The topological polar surface area (TPSA) is 38.8 Å². The van der Waals surface area contributed by atoms with Crippen LogP contribution < -0.4 is 9.64 Å². The molecule has 0 spiro atoms. The summed E-state index contributed by atoms with van der Waals surface area (Å²) in [5.41, 5.74) is 3.56. The second kappa shape index (κ2) is 8.96. The zero-order chi connectivity index (χ0) is 18.3. The number of hydrogen-bond acceptors (Lipinski definition) is 4. The van der Waals surface area contributed by atoms with Crippen LogP contribution in [0.1, 0.15) is 35.3 Å². The Balaban J connectivity index is 0.00000139. The van der Waals surface area contributed by atoms with Gasteiger partial charge in [0.2, 0.25) is 0 Å². The SMILES string of the molecule is CC.COC(=O)c1cc(C)c(N(C)C)cc1Oc1ccc(C)cc1. The van der Waals surface area contributed by atoms with Gasteiger partial charge in [-0.3, -0.25) is 0 Å². The van der Waals surface area contributed by atoms with Crippen LogP contribution in [0.25, 0.3) is 0 Å². The first-order valence-corrected chi connectivity index (χ1v) is 8.07. The first-order valence-electron chi connectivity index (χ1n) is 8.07. The maximum absolute atomic E-state index is 12.0. The lowest BCUT2D eigenvalue weighted by Crippen LogP contribution is -2.12. The Hall–Kier alpha value is -2.49. The van der Waals surface area contributed by atoms with Crippen molar-refractivity contribution < 1.29 is 14.3 Å². The molecular weight excluding hydrogens is 302 g/mol. The Morgan fingerprint density at radius 2 is 1.58 bits per heavy atom. The summed E-state index contributed by atoms with van der Waals surface area (Å²) in [5, 5.41) is 0. The molecule has 0 unspecified atom stereocenters. The zero-order valence-electron chi connectivity index (χ0n) is 15.6. The van der Waals surface area contributed by atoms with E-state index in [1.54, 1.807) is 6.07 Å². The summed E-state index contributed by atoms with van der Waals surface area (Å²) in [5.74, 6) is 0.768. The molecule has 0 aliphatic rings. The van der Waals surface area contributed by atoms with Crippen molar-refractivity contribution in [2.75, 3.05) is 26.1 Å². The van der Waals surface area contributed by atoms with E-state index in [9.17, 15) is 4.79 Å². The molecule has 0 heterocycles. The number of rotatable bonds is 4. The Bertz CT molecular complexity index is 676. The van der Waals surface area contributed by atoms with Gasteiger partial charge in [-0.05, 0) is 37.6 Å². The molecule has 0 aliphatic heterocycles. The molecule has 2 rings (SSSR count). The highest BCUT2D eigenvalue weighted by Crippen LogP contribution is 2.32. The van der Waals surface area contributed by atoms with Gasteiger partial charge in [0.1, 0.15) is 17.1 Å². The van der Waals surface area contributed by atoms with Gasteiger partial charge in [-0.1, -0.05) is 31.5 Å². The highest BCUT2D eigenvalue weighted by Gasteiger charge is 2.17. The van der Waals surface area contributed by atoms with Crippen molar-refractivity contribution in [1.29, 1.82) is 0 Å². The molecule has 130 valence electrons. The maximum atomic E-state index is 12.0. The predicted octanol–water partition coefficient (Wildman–Crippen LogP) is 4.97. The van der Waals surface area contributed by atoms with E-state index in [0.29, 0.717) is 17.1 Å². The largest absolute Gasteiger partial charge is 0.465 e. The Morgan fingerprint density at radius 1 is 1.00 bits per heavy atom. The van der Waals surface area contributed by atoms with Gasteiger partial charge in [-0.25, -0.2) is 4.79 Å². The number of benzene rings is 2. The summed E-state index contributed by atoms with van der Waals surface area (Å²) in [4.78, 5) is 14.0. The molecule has 0 N–H and O–H groups in total. The fraction of sp³-hybridized carbons (Fsp3) is 0.350. The summed E-state index contributed by atoms with van der Waals surface area (Å²) >= 11 is 0. The van der Waals surface area contributed by atoms with E-state index in [4.69, 9.17) is 9.47 Å². The van der Waals surface area contributed by atoms with E-state index in [2.05, 4.69) is 0 Å². The Labute approximate surface area is 145 Å². The lowest BCUT2D eigenvalue weighted by atomic mass is 10.1. The van der Waals surface area contributed by atoms with Crippen molar-refractivity contribution in [3.8, 4) is 11.5 Å². The highest BCUT2D eigenvalue weighted by atomic mass is 16.5. The molecule has 4 heteroatoms. The number of carbonyl (C=O) groups is 1. The van der Waals surface area contributed by atoms with Gasteiger partial charge in [-0.15, -0.1) is 0 Å². The molecule has 4 nitrogen and oxygen atoms in total. The number of esters is 1. The molecular formula is C20H27NO3. The quantitative estimate of drug-likeness (QED) is 0.742. The molecule has 2 aromatic carbocycles. The minimum absolute atomic E-state index is 0.407. The van der Waals surface area contributed by atoms with Gasteiger partial charge in [-0.2, -0.15) is 0 Å². The number of carbonyl (C=O) groups excluding carboxylic acids is 1. The number of aryl methyl sites for hydroxylation is 2. The van der Waals surface area contributed by atoms with Gasteiger partial charge in [0, 0.05) is 25.8 Å². The molecule has 0 radical (unpaired) electrons. The second-order valence-corrected chi connectivity index (χ2v) is 5.44. The first-order chi connectivity index (χ1) is 11.4. The predicted molar refractivity (Wildman–Crippen MR) is 99.4 cm³/mol. The second-order valence-electron chi connectivity index (χ2n) is 5.44. The van der Waals surface area contributed by atoms with Crippen LogP contribution in [-0.4, -0.2) is 27.2 Å². The minimum Gasteiger partial charge on any atom is -0.465 e. The molecule has 0 aromatic heterocycles. The fourth-order valence-electron chi connectivity index (χ4n) is 2.25. The van der Waals surface area contributed by atoms with Crippen LogP contribution in [0.15, 0.2) is 36.4 Å². The van der Waals surface area contributed by atoms with Gasteiger partial charge >= 0.3 is 5.97 Å². The number of ether oxygens (including phenoxy) is 2. The molecule has 0 aliphatic carbocycles. The Morgan fingerprint density at radius 3 is 2.08 bits per heavy atom. The summed E-state index contributed by atoms with van der Waals surface area (Å²) in [6.07, 6.45) is 0. The number of anilines is 1. The summed E-state index contributed by atoms with van der Waals surface area (Å²) in [7, 11) is 5.28. The molecule has 0 bridgehead atoms. The van der Waals surface area contributed by atoms with Crippen LogP contribution in [0.5, 0.6) is 11.5 Å². The van der Waals surface area contributed by atoms with E-state index < -0.39 is 5.97 Å². The fourth-order valence-corrected chi connectivity index (χ4v) is 2.25. The zero-order valence-corrected chi connectivity index (χ0v) is 15.6. The van der Waals surface area contributed by atoms with E-state index >= 15 is 0 Å². The minimum atomic E-state index is -0.407. The van der Waals surface area contributed by atoms with Crippen molar-refractivity contribution in [1.82, 2.24) is 0 Å². The van der Waals surface area contributed by atoms with Crippen molar-refractivity contribution in [3.05, 3.63) is 53.1 Å². The third kappa shape index (κ3) is 4.75. The van der Waals surface area contributed by atoms with Crippen LogP contribution >= 0.6 is 0 Å². The molecule has 0 fully saturated rings. The average molecular weight is 329 g/mol. The van der Waals surface area contributed by atoms with Crippen molar-refractivity contribution in [2.24, 2.45) is 0 Å². The normalized spacial score (nSPS) is 9.62. The smallest absolute Gasteiger partial charge is 0.341 e. The molecule has 0 atom stereocenters. The summed E-state index contributed by atoms with van der Waals surface area (Å²) < 4.78 is 10.8. The monoisotopic (exact) mass is 329 g/mol. The highest BCUT2D eigenvalue weighted by molar-refractivity contribution is 5.93. The third-order valence-electron chi connectivity index (χ3n) is 3.43. The van der Waals surface area contributed by atoms with Crippen LogP contribution in [0.2, 0.25) is 0 Å². The van der Waals surface area contributed by atoms with Crippen LogP contribution in [0.4, 0.5) is 5.69 Å². The van der Waals surface area contributed by atoms with Crippen molar-refractivity contribution >= 4 is 11.7 Å². The van der Waals surface area contributed by atoms with Crippen molar-refractivity contribution in [3.63, 3.8) is 0 Å². The molecule has 0 saturated heterocycles. The number of nitrogens with zero attached hydrogens (tertiary/aromatic N) is 1. The first kappa shape index (κ1) is 19.6. The number of methoxy groups -OCH3 is 1. The van der Waals surface area contributed by atoms with Crippen LogP contribution in [0.3, 0.4) is 0 Å². The van der Waals surface area contributed by atoms with E-state index in [1.165, 1.54) is 7.11 Å². The van der Waals surface area contributed by atoms with Gasteiger partial charge in [0.05, 0.1) is 7.11 Å². The van der Waals surface area contributed by atoms with E-state index in [-0.39, 0.29) is 0 Å². The Kier molecular flexibility index (Phi) is 7.31. The van der Waals surface area contributed by atoms with Gasteiger partial charge in [0.15, 0.2) is 0 Å². The summed E-state index contributed by atoms with van der Waals surface area (Å²) in [6, 6.07) is 11.4. The van der Waals surface area contributed by atoms with E-state index in [0.717, 1.165) is 16.8 Å². The number of hydrogen-bond donors (Lipinski definition) is 0. The van der Waals surface area contributed by atoms with Gasteiger partial charge in [0.25, 0.3) is 0 Å². The van der Waals surface area contributed by atoms with Crippen molar-refractivity contribution in [2.45, 2.75) is 27.7 Å². The molecule has 24 heavy (non-hydrogen) atoms. The van der Waals surface area contributed by atoms with Crippen LogP contribution in [0, 0.1) is 13.8 Å². The van der Waals surface area contributed by atoms with Crippen LogP contribution in [-0.2, 0) is 4.74 Å². The lowest BCUT2D eigenvalue weighted by Gasteiger charge is -2.19. The van der Waals surface area contributed by atoms with Gasteiger partial charge < -0.3 is 14.4 Å². The standard InChI is InChI=1S/C18H21NO3.C2H6/c1-12-6-8-14(9-7-12)22-17-11-16(19(3)4)13(2)10-15(17)18(20)21-5;1-2/h6-11H,1-5H3;1-2H3. The molecule has 0 saturated carbocycles. The van der Waals surface area contributed by atoms with E-state index in [1.807, 2.05) is 77.0 Å². The third-order valence-corrected chi connectivity index (χ3v) is 3.43. The summed E-state index contributed by atoms with van der Waals surface area (Å²) in [6.45, 7) is 7.97. The maximum Gasteiger partial charge on any atom is 0.341 e.